The summed E-state index contributed by atoms with van der Waals surface area (Å²) in [5.41, 5.74) is 6.34. The van der Waals surface area contributed by atoms with Crippen molar-refractivity contribution < 1.29 is 13.6 Å². The second-order valence-corrected chi connectivity index (χ2v) is 4.70. The van der Waals surface area contributed by atoms with Gasteiger partial charge < -0.3 is 11.1 Å². The second kappa shape index (κ2) is 5.75. The maximum Gasteiger partial charge on any atom is 0.251 e. The van der Waals surface area contributed by atoms with E-state index in [0.29, 0.717) is 18.1 Å². The van der Waals surface area contributed by atoms with E-state index in [1.807, 2.05) is 0 Å². The van der Waals surface area contributed by atoms with E-state index < -0.39 is 17.5 Å². The van der Waals surface area contributed by atoms with Crippen molar-refractivity contribution in [2.24, 2.45) is 0 Å². The molecule has 7 heteroatoms. The van der Waals surface area contributed by atoms with Gasteiger partial charge in [-0.3, -0.25) is 4.79 Å². The first-order valence-electron chi connectivity index (χ1n) is 5.49. The Morgan fingerprint density at radius 2 is 2.16 bits per heavy atom. The monoisotopic (exact) mass is 283 g/mol. The number of thiazole rings is 1. The van der Waals surface area contributed by atoms with Gasteiger partial charge in [0.15, 0.2) is 16.8 Å². The van der Waals surface area contributed by atoms with E-state index in [1.165, 1.54) is 17.4 Å². The number of aromatic nitrogens is 1. The average molecular weight is 283 g/mol. The fourth-order valence-electron chi connectivity index (χ4n) is 1.48. The number of nitrogens with zero attached hydrogens (tertiary/aromatic N) is 1. The highest BCUT2D eigenvalue weighted by Gasteiger charge is 2.09. The van der Waals surface area contributed by atoms with E-state index in [4.69, 9.17) is 5.73 Å². The largest absolute Gasteiger partial charge is 0.375 e. The molecule has 1 aromatic carbocycles. The predicted octanol–water partition coefficient (Wildman–Crippen LogP) is 1.98. The molecule has 0 saturated carbocycles. The molecule has 1 amide bonds. The molecule has 0 bridgehead atoms. The number of halogens is 2. The highest BCUT2D eigenvalue weighted by molar-refractivity contribution is 7.13. The fraction of sp³-hybridized carbons (Fsp3) is 0.167. The van der Waals surface area contributed by atoms with Crippen molar-refractivity contribution in [3.05, 3.63) is 46.5 Å². The molecular formula is C12H11F2N3OS. The van der Waals surface area contributed by atoms with Crippen LogP contribution in [0.25, 0.3) is 0 Å². The molecule has 19 heavy (non-hydrogen) atoms. The van der Waals surface area contributed by atoms with Crippen LogP contribution in [0.2, 0.25) is 0 Å². The molecule has 0 aliphatic heterocycles. The van der Waals surface area contributed by atoms with Crippen LogP contribution in [-0.4, -0.2) is 17.4 Å². The van der Waals surface area contributed by atoms with Crippen LogP contribution in [0.5, 0.6) is 0 Å². The van der Waals surface area contributed by atoms with Gasteiger partial charge in [0.2, 0.25) is 0 Å². The van der Waals surface area contributed by atoms with Crippen LogP contribution in [0.4, 0.5) is 13.9 Å². The summed E-state index contributed by atoms with van der Waals surface area (Å²) in [5, 5.41) is 4.88. The second-order valence-electron chi connectivity index (χ2n) is 3.81. The summed E-state index contributed by atoms with van der Waals surface area (Å²) in [6.45, 7) is 0.348. The van der Waals surface area contributed by atoms with Gasteiger partial charge in [-0.05, 0) is 18.2 Å². The van der Waals surface area contributed by atoms with Crippen molar-refractivity contribution in [1.82, 2.24) is 10.3 Å². The molecule has 0 saturated heterocycles. The zero-order valence-corrected chi connectivity index (χ0v) is 10.6. The molecule has 3 N–H and O–H groups in total. The van der Waals surface area contributed by atoms with Crippen molar-refractivity contribution in [2.45, 2.75) is 6.42 Å². The number of anilines is 1. The average Bonchev–Trinajstić information content (AvgIpc) is 2.78. The quantitative estimate of drug-likeness (QED) is 0.901. The van der Waals surface area contributed by atoms with E-state index >= 15 is 0 Å². The summed E-state index contributed by atoms with van der Waals surface area (Å²) in [5.74, 6) is -2.48. The van der Waals surface area contributed by atoms with Crippen molar-refractivity contribution in [3.8, 4) is 0 Å². The molecule has 4 nitrogen and oxygen atoms in total. The Labute approximate surface area is 112 Å². The van der Waals surface area contributed by atoms with Gasteiger partial charge in [0.05, 0.1) is 5.69 Å². The summed E-state index contributed by atoms with van der Waals surface area (Å²) < 4.78 is 25.7. The lowest BCUT2D eigenvalue weighted by Crippen LogP contribution is -2.25. The molecule has 0 fully saturated rings. The Kier molecular flexibility index (Phi) is 4.06. The highest BCUT2D eigenvalue weighted by Crippen LogP contribution is 2.11. The number of carbonyl (C=O) groups is 1. The number of rotatable bonds is 4. The number of hydrogen-bond acceptors (Lipinski definition) is 4. The van der Waals surface area contributed by atoms with Crippen molar-refractivity contribution in [2.75, 3.05) is 12.3 Å². The Bertz CT molecular complexity index is 600. The molecule has 0 atom stereocenters. The minimum absolute atomic E-state index is 0.0803. The summed E-state index contributed by atoms with van der Waals surface area (Å²) in [7, 11) is 0. The minimum atomic E-state index is -1.04. The molecule has 0 spiro atoms. The van der Waals surface area contributed by atoms with E-state index in [9.17, 15) is 13.6 Å². The van der Waals surface area contributed by atoms with E-state index in [2.05, 4.69) is 10.3 Å². The molecule has 100 valence electrons. The van der Waals surface area contributed by atoms with E-state index in [1.54, 1.807) is 5.38 Å². The fourth-order valence-corrected chi connectivity index (χ4v) is 2.08. The summed E-state index contributed by atoms with van der Waals surface area (Å²) in [6, 6.07) is 3.02. The van der Waals surface area contributed by atoms with Gasteiger partial charge in [0, 0.05) is 23.9 Å². The van der Waals surface area contributed by atoms with Crippen LogP contribution in [-0.2, 0) is 6.42 Å². The first kappa shape index (κ1) is 13.4. The van der Waals surface area contributed by atoms with Gasteiger partial charge in [-0.25, -0.2) is 13.8 Å². The van der Waals surface area contributed by atoms with Crippen LogP contribution in [0.1, 0.15) is 16.1 Å². The van der Waals surface area contributed by atoms with Crippen molar-refractivity contribution in [1.29, 1.82) is 0 Å². The Morgan fingerprint density at radius 1 is 1.37 bits per heavy atom. The molecule has 0 unspecified atom stereocenters. The number of benzene rings is 1. The standard InChI is InChI=1S/C12H11F2N3OS/c13-9-2-1-7(5-10(9)14)11(18)16-4-3-8-6-19-12(15)17-8/h1-2,5-6H,3-4H2,(H2,15,17)(H,16,18). The minimum Gasteiger partial charge on any atom is -0.375 e. The molecule has 1 aromatic heterocycles. The SMILES string of the molecule is Nc1nc(CCNC(=O)c2ccc(F)c(F)c2)cs1. The Hall–Kier alpha value is -2.02. The van der Waals surface area contributed by atoms with Crippen LogP contribution in [0.15, 0.2) is 23.6 Å². The van der Waals surface area contributed by atoms with Gasteiger partial charge >= 0.3 is 0 Å². The lowest BCUT2D eigenvalue weighted by atomic mass is 10.2. The topological polar surface area (TPSA) is 68.0 Å². The van der Waals surface area contributed by atoms with Gasteiger partial charge in [-0.15, -0.1) is 11.3 Å². The van der Waals surface area contributed by atoms with Crippen LogP contribution in [0.3, 0.4) is 0 Å². The Morgan fingerprint density at radius 3 is 2.79 bits per heavy atom. The molecule has 1 heterocycles. The number of nitrogens with one attached hydrogen (secondary N) is 1. The molecule has 0 aliphatic carbocycles. The molecule has 2 aromatic rings. The molecule has 0 aliphatic rings. The van der Waals surface area contributed by atoms with Gasteiger partial charge in [-0.2, -0.15) is 0 Å². The number of carbonyl (C=O) groups excluding carboxylic acids is 1. The van der Waals surface area contributed by atoms with Crippen molar-refractivity contribution in [3.63, 3.8) is 0 Å². The smallest absolute Gasteiger partial charge is 0.251 e. The molecule has 2 rings (SSSR count). The third-order valence-electron chi connectivity index (χ3n) is 2.42. The van der Waals surface area contributed by atoms with Crippen LogP contribution in [0, 0.1) is 11.6 Å². The number of hydrogen-bond donors (Lipinski definition) is 2. The van der Waals surface area contributed by atoms with Gasteiger partial charge in [0.1, 0.15) is 0 Å². The zero-order valence-electron chi connectivity index (χ0n) is 9.82. The normalized spacial score (nSPS) is 10.4. The van der Waals surface area contributed by atoms with Gasteiger partial charge in [-0.1, -0.05) is 0 Å². The Balaban J connectivity index is 1.89. The van der Waals surface area contributed by atoms with Crippen LogP contribution >= 0.6 is 11.3 Å². The third kappa shape index (κ3) is 3.47. The summed E-state index contributed by atoms with van der Waals surface area (Å²) in [6.07, 6.45) is 0.531. The van der Waals surface area contributed by atoms with Crippen molar-refractivity contribution >= 4 is 22.4 Å². The number of nitrogen functional groups attached to an aromatic ring is 1. The third-order valence-corrected chi connectivity index (χ3v) is 3.14. The van der Waals surface area contributed by atoms with E-state index in [-0.39, 0.29) is 5.56 Å². The maximum absolute atomic E-state index is 13.0. The predicted molar refractivity (Wildman–Crippen MR) is 68.9 cm³/mol. The maximum atomic E-state index is 13.0. The lowest BCUT2D eigenvalue weighted by Gasteiger charge is -2.04. The van der Waals surface area contributed by atoms with Crippen LogP contribution < -0.4 is 11.1 Å². The number of amides is 1. The van der Waals surface area contributed by atoms with E-state index in [0.717, 1.165) is 17.8 Å². The number of nitrogens with two attached hydrogens (primary N) is 1. The summed E-state index contributed by atoms with van der Waals surface area (Å²) in [4.78, 5) is 15.7. The lowest BCUT2D eigenvalue weighted by molar-refractivity contribution is 0.0953. The molecular weight excluding hydrogens is 272 g/mol. The molecule has 0 radical (unpaired) electrons. The first-order chi connectivity index (χ1) is 9.06. The summed E-state index contributed by atoms with van der Waals surface area (Å²) >= 11 is 1.33. The highest BCUT2D eigenvalue weighted by atomic mass is 32.1. The zero-order chi connectivity index (χ0) is 13.8. The van der Waals surface area contributed by atoms with Gasteiger partial charge in [0.25, 0.3) is 5.91 Å². The first-order valence-corrected chi connectivity index (χ1v) is 6.37.